The molecule has 0 spiro atoms. The number of amides is 1. The fourth-order valence-electron chi connectivity index (χ4n) is 3.10. The number of halogens is 1. The molecule has 2 heterocycles. The van der Waals surface area contributed by atoms with Gasteiger partial charge in [-0.2, -0.15) is 0 Å². The molecular formula is C22H20ClNO4. The van der Waals surface area contributed by atoms with E-state index >= 15 is 0 Å². The molecule has 28 heavy (non-hydrogen) atoms. The van der Waals surface area contributed by atoms with Gasteiger partial charge in [0.15, 0.2) is 0 Å². The van der Waals surface area contributed by atoms with Gasteiger partial charge in [0.2, 0.25) is 5.91 Å². The van der Waals surface area contributed by atoms with Crippen LogP contribution in [-0.2, 0) is 9.53 Å². The minimum Gasteiger partial charge on any atom is -0.489 e. The highest BCUT2D eigenvalue weighted by Crippen LogP contribution is 2.29. The van der Waals surface area contributed by atoms with Crippen molar-refractivity contribution in [2.24, 2.45) is 0 Å². The first kappa shape index (κ1) is 18.6. The lowest BCUT2D eigenvalue weighted by Gasteiger charge is -2.15. The van der Waals surface area contributed by atoms with Gasteiger partial charge in [-0.1, -0.05) is 29.8 Å². The van der Waals surface area contributed by atoms with Crippen LogP contribution in [0, 0.1) is 0 Å². The van der Waals surface area contributed by atoms with Crippen LogP contribution >= 0.6 is 11.6 Å². The van der Waals surface area contributed by atoms with Gasteiger partial charge in [-0.3, -0.25) is 4.79 Å². The van der Waals surface area contributed by atoms with E-state index in [0.29, 0.717) is 28.8 Å². The minimum absolute atomic E-state index is 0.0900. The number of rotatable bonds is 6. The van der Waals surface area contributed by atoms with Gasteiger partial charge in [-0.25, -0.2) is 0 Å². The fraction of sp³-hybridized carbons (Fsp3) is 0.227. The average Bonchev–Trinajstić information content (AvgIpc) is 3.35. The first-order valence-corrected chi connectivity index (χ1v) is 9.57. The monoisotopic (exact) mass is 397 g/mol. The van der Waals surface area contributed by atoms with Crippen molar-refractivity contribution in [1.29, 1.82) is 0 Å². The zero-order valence-electron chi connectivity index (χ0n) is 15.2. The summed E-state index contributed by atoms with van der Waals surface area (Å²) in [6.07, 6.45) is 5.17. The number of ether oxygens (including phenoxy) is 2. The van der Waals surface area contributed by atoms with E-state index in [1.807, 2.05) is 30.3 Å². The van der Waals surface area contributed by atoms with Crippen molar-refractivity contribution in [2.75, 3.05) is 18.5 Å². The summed E-state index contributed by atoms with van der Waals surface area (Å²) in [5.41, 5.74) is 1.30. The number of benzene rings is 2. The first-order valence-electron chi connectivity index (χ1n) is 9.19. The van der Waals surface area contributed by atoms with E-state index in [0.717, 1.165) is 30.4 Å². The molecule has 1 atom stereocenters. The van der Waals surface area contributed by atoms with Crippen LogP contribution in [0.5, 0.6) is 5.75 Å². The average molecular weight is 398 g/mol. The highest BCUT2D eigenvalue weighted by molar-refractivity contribution is 6.31. The van der Waals surface area contributed by atoms with Crippen molar-refractivity contribution < 1.29 is 18.7 Å². The molecule has 1 N–H and O–H groups in total. The number of carbonyl (C=O) groups is 1. The van der Waals surface area contributed by atoms with Crippen molar-refractivity contribution in [1.82, 2.24) is 0 Å². The summed E-state index contributed by atoms with van der Waals surface area (Å²) in [7, 11) is 0. The number of nitrogens with one attached hydrogen (secondary N) is 1. The van der Waals surface area contributed by atoms with E-state index in [2.05, 4.69) is 5.32 Å². The Morgan fingerprint density at radius 2 is 2.14 bits per heavy atom. The van der Waals surface area contributed by atoms with E-state index in [1.54, 1.807) is 24.3 Å². The SMILES string of the molecule is O=C(/C=C/c1cc2ccccc2o1)Nc1cc(Cl)ccc1OCC1CCCO1. The Morgan fingerprint density at radius 3 is 2.96 bits per heavy atom. The maximum atomic E-state index is 12.4. The number of fused-ring (bicyclic) bond motifs is 1. The van der Waals surface area contributed by atoms with E-state index < -0.39 is 0 Å². The molecule has 1 saturated heterocycles. The molecule has 1 aliphatic rings. The Labute approximate surface area is 167 Å². The third-order valence-electron chi connectivity index (χ3n) is 4.49. The highest BCUT2D eigenvalue weighted by Gasteiger charge is 2.17. The van der Waals surface area contributed by atoms with E-state index in [1.165, 1.54) is 6.08 Å². The van der Waals surface area contributed by atoms with Gasteiger partial charge in [0.05, 0.1) is 11.8 Å². The zero-order valence-corrected chi connectivity index (χ0v) is 15.9. The molecule has 0 bridgehead atoms. The molecule has 1 amide bonds. The summed E-state index contributed by atoms with van der Waals surface area (Å²) >= 11 is 6.08. The lowest BCUT2D eigenvalue weighted by molar-refractivity contribution is -0.111. The Bertz CT molecular complexity index is 972. The summed E-state index contributed by atoms with van der Waals surface area (Å²) < 4.78 is 17.1. The zero-order chi connectivity index (χ0) is 19.3. The van der Waals surface area contributed by atoms with Crippen LogP contribution in [0.2, 0.25) is 5.02 Å². The van der Waals surface area contributed by atoms with Crippen molar-refractivity contribution in [3.8, 4) is 5.75 Å². The molecular weight excluding hydrogens is 378 g/mol. The molecule has 4 rings (SSSR count). The second-order valence-electron chi connectivity index (χ2n) is 6.60. The largest absolute Gasteiger partial charge is 0.489 e. The van der Waals surface area contributed by atoms with Gasteiger partial charge < -0.3 is 19.2 Å². The van der Waals surface area contributed by atoms with Crippen LogP contribution in [0.25, 0.3) is 17.0 Å². The highest BCUT2D eigenvalue weighted by atomic mass is 35.5. The molecule has 1 unspecified atom stereocenters. The van der Waals surface area contributed by atoms with Gasteiger partial charge in [0.25, 0.3) is 0 Å². The number of carbonyl (C=O) groups excluding carboxylic acids is 1. The Balaban J connectivity index is 1.43. The molecule has 144 valence electrons. The number of anilines is 1. The molecule has 0 radical (unpaired) electrons. The van der Waals surface area contributed by atoms with Gasteiger partial charge in [0, 0.05) is 23.1 Å². The summed E-state index contributed by atoms with van der Waals surface area (Å²) in [4.78, 5) is 12.4. The van der Waals surface area contributed by atoms with Gasteiger partial charge in [-0.05, 0) is 49.2 Å². The van der Waals surface area contributed by atoms with Crippen molar-refractivity contribution in [3.63, 3.8) is 0 Å². The van der Waals surface area contributed by atoms with E-state index in [4.69, 9.17) is 25.5 Å². The van der Waals surface area contributed by atoms with Crippen LogP contribution in [0.15, 0.2) is 59.0 Å². The lowest BCUT2D eigenvalue weighted by atomic mass is 10.2. The van der Waals surface area contributed by atoms with Crippen molar-refractivity contribution >= 4 is 40.2 Å². The summed E-state index contributed by atoms with van der Waals surface area (Å²) in [6.45, 7) is 1.21. The first-order chi connectivity index (χ1) is 13.7. The molecule has 0 aliphatic carbocycles. The third kappa shape index (κ3) is 4.55. The van der Waals surface area contributed by atoms with Crippen LogP contribution in [-0.4, -0.2) is 25.2 Å². The molecule has 1 aromatic heterocycles. The number of para-hydroxylation sites is 1. The summed E-state index contributed by atoms with van der Waals surface area (Å²) in [6, 6.07) is 14.7. The van der Waals surface area contributed by atoms with E-state index in [-0.39, 0.29) is 12.0 Å². The number of hydrogen-bond donors (Lipinski definition) is 1. The summed E-state index contributed by atoms with van der Waals surface area (Å²) in [5, 5.41) is 4.32. The van der Waals surface area contributed by atoms with Crippen LogP contribution in [0.1, 0.15) is 18.6 Å². The Hall–Kier alpha value is -2.76. The standard InChI is InChI=1S/C22H20ClNO4/c23-16-7-9-21(27-14-18-5-3-11-26-18)19(13-16)24-22(25)10-8-17-12-15-4-1-2-6-20(15)28-17/h1-2,4,6-10,12-13,18H,3,5,11,14H2,(H,24,25)/b10-8+. The van der Waals surface area contributed by atoms with Gasteiger partial charge in [0.1, 0.15) is 23.7 Å². The Morgan fingerprint density at radius 1 is 1.25 bits per heavy atom. The molecule has 3 aromatic rings. The summed E-state index contributed by atoms with van der Waals surface area (Å²) in [5.74, 6) is 0.868. The third-order valence-corrected chi connectivity index (χ3v) is 4.73. The molecule has 1 aliphatic heterocycles. The number of furan rings is 1. The van der Waals surface area contributed by atoms with Crippen molar-refractivity contribution in [2.45, 2.75) is 18.9 Å². The fourth-order valence-corrected chi connectivity index (χ4v) is 3.27. The topological polar surface area (TPSA) is 60.7 Å². The number of hydrogen-bond acceptors (Lipinski definition) is 4. The quantitative estimate of drug-likeness (QED) is 0.573. The van der Waals surface area contributed by atoms with Crippen molar-refractivity contribution in [3.05, 3.63) is 65.4 Å². The van der Waals surface area contributed by atoms with Gasteiger partial charge in [-0.15, -0.1) is 0 Å². The molecule has 6 heteroatoms. The van der Waals surface area contributed by atoms with Crippen LogP contribution in [0.3, 0.4) is 0 Å². The predicted octanol–water partition coefficient (Wildman–Crippen LogP) is 5.30. The lowest BCUT2D eigenvalue weighted by Crippen LogP contribution is -2.17. The maximum Gasteiger partial charge on any atom is 0.248 e. The normalized spacial score (nSPS) is 16.7. The Kier molecular flexibility index (Phi) is 5.65. The predicted molar refractivity (Wildman–Crippen MR) is 110 cm³/mol. The van der Waals surface area contributed by atoms with E-state index in [9.17, 15) is 4.79 Å². The van der Waals surface area contributed by atoms with Crippen LogP contribution in [0.4, 0.5) is 5.69 Å². The molecule has 2 aromatic carbocycles. The second kappa shape index (κ2) is 8.50. The van der Waals surface area contributed by atoms with Crippen LogP contribution < -0.4 is 10.1 Å². The maximum absolute atomic E-state index is 12.4. The molecule has 5 nitrogen and oxygen atoms in total. The van der Waals surface area contributed by atoms with Gasteiger partial charge >= 0.3 is 0 Å². The molecule has 1 fully saturated rings. The smallest absolute Gasteiger partial charge is 0.248 e. The minimum atomic E-state index is -0.301. The molecule has 0 saturated carbocycles. The second-order valence-corrected chi connectivity index (χ2v) is 7.03.